The van der Waals surface area contributed by atoms with Crippen LogP contribution in [0, 0.1) is 17.8 Å². The molecule has 1 saturated carbocycles. The van der Waals surface area contributed by atoms with Crippen LogP contribution in [0.2, 0.25) is 0 Å². The first-order valence-electron chi connectivity index (χ1n) is 21.0. The number of hydrogen-bond acceptors (Lipinski definition) is 12. The summed E-state index contributed by atoms with van der Waals surface area (Å²) in [6.07, 6.45) is 13.2. The van der Waals surface area contributed by atoms with Crippen LogP contribution >= 0.6 is 0 Å². The summed E-state index contributed by atoms with van der Waals surface area (Å²) >= 11 is 0. The minimum absolute atomic E-state index is 0.0219. The van der Waals surface area contributed by atoms with Gasteiger partial charge in [0.2, 0.25) is 12.1 Å². The molecule has 7 unspecified atom stereocenters. The SMILES string of the molecule is C=CCCOC(=O)N(C)C1CC(=NOC2CCCCO2)C2=CC(CCCCO)C(CCCCO)C3c4cc(Oc5ccc(OC)c(C=O)c5)ccc4OC1(OCC=C)C23. The van der Waals surface area contributed by atoms with Crippen molar-refractivity contribution in [2.75, 3.05) is 47.2 Å². The van der Waals surface area contributed by atoms with Crippen molar-refractivity contribution < 1.29 is 53.1 Å². The molecule has 0 radical (unpaired) electrons. The molecule has 59 heavy (non-hydrogen) atoms. The molecule has 2 N–H and O–H groups in total. The Labute approximate surface area is 347 Å². The topological polar surface area (TPSA) is 155 Å². The number of ether oxygens (including phenoxy) is 6. The van der Waals surface area contributed by atoms with Crippen molar-refractivity contribution in [1.82, 2.24) is 4.90 Å². The Morgan fingerprint density at radius 1 is 1.03 bits per heavy atom. The fourth-order valence-electron chi connectivity index (χ4n) is 9.17. The number of hydrogen-bond donors (Lipinski definition) is 2. The molecule has 2 aliphatic heterocycles. The Balaban J connectivity index is 1.54. The Morgan fingerprint density at radius 3 is 2.53 bits per heavy atom. The molecule has 13 nitrogen and oxygen atoms in total. The van der Waals surface area contributed by atoms with E-state index in [4.69, 9.17) is 38.4 Å². The largest absolute Gasteiger partial charge is 0.496 e. The maximum Gasteiger partial charge on any atom is 0.409 e. The van der Waals surface area contributed by atoms with Crippen LogP contribution in [0.5, 0.6) is 23.0 Å². The molecule has 13 heteroatoms. The van der Waals surface area contributed by atoms with Gasteiger partial charge >= 0.3 is 6.09 Å². The lowest BCUT2D eigenvalue weighted by Gasteiger charge is -2.59. The highest BCUT2D eigenvalue weighted by Gasteiger charge is 2.65. The second kappa shape index (κ2) is 21.0. The quantitative estimate of drug-likeness (QED) is 0.0544. The third-order valence-electron chi connectivity index (χ3n) is 11.9. The third-order valence-corrected chi connectivity index (χ3v) is 11.9. The molecular formula is C46H60N2O11. The number of nitrogens with zero attached hydrogens (tertiary/aromatic N) is 2. The van der Waals surface area contributed by atoms with Crippen molar-refractivity contribution >= 4 is 18.1 Å². The summed E-state index contributed by atoms with van der Waals surface area (Å²) in [5.74, 6) is -0.0782. The monoisotopic (exact) mass is 816 g/mol. The lowest BCUT2D eigenvalue weighted by molar-refractivity contribution is -0.254. The van der Waals surface area contributed by atoms with Gasteiger partial charge in [0.15, 0.2) is 6.29 Å². The number of fused-ring (bicyclic) bond motifs is 2. The van der Waals surface area contributed by atoms with Crippen molar-refractivity contribution in [3.8, 4) is 23.0 Å². The molecule has 6 rings (SSSR count). The molecule has 1 saturated heterocycles. The molecule has 7 atom stereocenters. The van der Waals surface area contributed by atoms with Crippen LogP contribution in [-0.2, 0) is 19.0 Å². The van der Waals surface area contributed by atoms with Crippen LogP contribution < -0.4 is 14.2 Å². The van der Waals surface area contributed by atoms with Crippen molar-refractivity contribution in [3.63, 3.8) is 0 Å². The highest BCUT2D eigenvalue weighted by atomic mass is 16.8. The molecule has 0 aromatic heterocycles. The number of allylic oxidation sites excluding steroid dienone is 1. The van der Waals surface area contributed by atoms with Gasteiger partial charge in [-0.2, -0.15) is 0 Å². The van der Waals surface area contributed by atoms with Gasteiger partial charge in [-0.05, 0) is 98.8 Å². The Hall–Kier alpha value is -4.69. The molecule has 2 aromatic rings. The van der Waals surface area contributed by atoms with Crippen molar-refractivity contribution in [1.29, 1.82) is 0 Å². The second-order valence-electron chi connectivity index (χ2n) is 15.6. The Morgan fingerprint density at radius 2 is 1.81 bits per heavy atom. The molecule has 320 valence electrons. The van der Waals surface area contributed by atoms with Gasteiger partial charge in [0, 0.05) is 44.6 Å². The Kier molecular flexibility index (Phi) is 15.6. The van der Waals surface area contributed by atoms with E-state index in [9.17, 15) is 19.8 Å². The van der Waals surface area contributed by atoms with E-state index in [1.54, 1.807) is 42.3 Å². The molecular weight excluding hydrogens is 757 g/mol. The van der Waals surface area contributed by atoms with Gasteiger partial charge in [-0.15, -0.1) is 13.2 Å². The molecule has 0 spiro atoms. The fourth-order valence-corrected chi connectivity index (χ4v) is 9.17. The van der Waals surface area contributed by atoms with Gasteiger partial charge < -0.3 is 48.4 Å². The second-order valence-corrected chi connectivity index (χ2v) is 15.6. The number of carbonyl (C=O) groups is 2. The number of likely N-dealkylation sites (N-methyl/N-ethyl adjacent to an activating group) is 1. The molecule has 4 aliphatic rings. The van der Waals surface area contributed by atoms with Crippen molar-refractivity contribution in [3.05, 3.63) is 84.5 Å². The summed E-state index contributed by atoms with van der Waals surface area (Å²) in [7, 11) is 3.21. The van der Waals surface area contributed by atoms with Crippen LogP contribution in [0.15, 0.2) is 78.5 Å². The van der Waals surface area contributed by atoms with E-state index in [0.717, 1.165) is 55.9 Å². The van der Waals surface area contributed by atoms with Crippen molar-refractivity contribution in [2.45, 2.75) is 94.7 Å². The van der Waals surface area contributed by atoms with E-state index in [1.165, 1.54) is 7.11 Å². The average molecular weight is 817 g/mol. The molecule has 0 bridgehead atoms. The van der Waals surface area contributed by atoms with Gasteiger partial charge in [0.25, 0.3) is 0 Å². The molecule has 2 aliphatic carbocycles. The van der Waals surface area contributed by atoms with Gasteiger partial charge in [0.05, 0.1) is 44.1 Å². The number of carbonyl (C=O) groups excluding carboxylic acids is 2. The van der Waals surface area contributed by atoms with Gasteiger partial charge in [0.1, 0.15) is 29.0 Å². The summed E-state index contributed by atoms with van der Waals surface area (Å²) in [5.41, 5.74) is 2.84. The summed E-state index contributed by atoms with van der Waals surface area (Å²) in [6, 6.07) is 10.0. The zero-order valence-electron chi connectivity index (χ0n) is 34.4. The van der Waals surface area contributed by atoms with Crippen LogP contribution in [0.25, 0.3) is 0 Å². The van der Waals surface area contributed by atoms with E-state index < -0.39 is 30.1 Å². The van der Waals surface area contributed by atoms with Crippen LogP contribution in [0.3, 0.4) is 0 Å². The normalized spacial score (nSPS) is 26.3. The summed E-state index contributed by atoms with van der Waals surface area (Å²) in [4.78, 5) is 33.5. The minimum Gasteiger partial charge on any atom is -0.496 e. The zero-order valence-corrected chi connectivity index (χ0v) is 34.4. The number of amides is 1. The number of rotatable bonds is 21. The lowest BCUT2D eigenvalue weighted by atomic mass is 9.55. The predicted molar refractivity (Wildman–Crippen MR) is 222 cm³/mol. The summed E-state index contributed by atoms with van der Waals surface area (Å²) < 4.78 is 37.6. The van der Waals surface area contributed by atoms with E-state index in [0.29, 0.717) is 66.6 Å². The lowest BCUT2D eigenvalue weighted by Crippen LogP contribution is -2.69. The van der Waals surface area contributed by atoms with E-state index >= 15 is 0 Å². The van der Waals surface area contributed by atoms with E-state index in [-0.39, 0.29) is 50.6 Å². The number of aliphatic hydroxyl groups excluding tert-OH is 2. The van der Waals surface area contributed by atoms with E-state index in [1.807, 2.05) is 18.2 Å². The third kappa shape index (κ3) is 9.86. The average Bonchev–Trinajstić information content (AvgIpc) is 3.26. The zero-order chi connectivity index (χ0) is 41.8. The fraction of sp³-hybridized carbons (Fsp3) is 0.543. The van der Waals surface area contributed by atoms with Crippen molar-refractivity contribution in [2.24, 2.45) is 22.9 Å². The number of oxime groups is 1. The maximum absolute atomic E-state index is 13.9. The minimum atomic E-state index is -1.42. The standard InChI is InChI=1S/C46H60N2O11/c1-5-7-24-55-45(52)48(3)41-29-38(47-59-42-16-10-13-25-54-42)36-27-31(14-8-11-21-49)35(15-9-12-22-50)43-37-28-34(57-33-17-19-39(53-4)32(26-33)30-51)18-20-40(37)58-46(41,44(36)43)56-23-6-2/h5-6,17-20,26-28,30-31,35,41-44,49-50H,1-2,7-16,21-25,29H2,3-4H3. The highest BCUT2D eigenvalue weighted by molar-refractivity contribution is 6.03. The summed E-state index contributed by atoms with van der Waals surface area (Å²) in [6.45, 7) is 8.80. The maximum atomic E-state index is 13.9. The number of unbranched alkanes of at least 4 members (excludes halogenated alkanes) is 2. The van der Waals surface area contributed by atoms with Crippen LogP contribution in [0.4, 0.5) is 4.79 Å². The van der Waals surface area contributed by atoms with E-state index in [2.05, 4.69) is 19.2 Å². The number of benzene rings is 2. The molecule has 2 heterocycles. The smallest absolute Gasteiger partial charge is 0.409 e. The number of methoxy groups -OCH3 is 1. The highest BCUT2D eigenvalue weighted by Crippen LogP contribution is 2.62. The molecule has 2 aromatic carbocycles. The number of aldehydes is 1. The first-order valence-corrected chi connectivity index (χ1v) is 21.0. The van der Waals surface area contributed by atoms with Crippen LogP contribution in [0.1, 0.15) is 92.5 Å². The van der Waals surface area contributed by atoms with Crippen LogP contribution in [-0.4, -0.2) is 98.5 Å². The summed E-state index contributed by atoms with van der Waals surface area (Å²) in [5, 5.41) is 24.6. The van der Waals surface area contributed by atoms with Gasteiger partial charge in [-0.25, -0.2) is 4.79 Å². The first-order chi connectivity index (χ1) is 28.8. The predicted octanol–water partition coefficient (Wildman–Crippen LogP) is 8.10. The molecule has 2 fully saturated rings. The van der Waals surface area contributed by atoms with Gasteiger partial charge in [-0.3, -0.25) is 4.79 Å². The number of aliphatic hydroxyl groups is 2. The molecule has 1 amide bonds. The van der Waals surface area contributed by atoms with Gasteiger partial charge in [-0.1, -0.05) is 36.2 Å². The Bertz CT molecular complexity index is 1820. The first kappa shape index (κ1) is 43.9.